The summed E-state index contributed by atoms with van der Waals surface area (Å²) in [7, 11) is 0. The summed E-state index contributed by atoms with van der Waals surface area (Å²) in [6, 6.07) is -2.17. The van der Waals surface area contributed by atoms with Gasteiger partial charge in [0.05, 0.1) is 0 Å². The molecule has 0 spiro atoms. The summed E-state index contributed by atoms with van der Waals surface area (Å²) in [5.41, 5.74) is 18.8. The maximum absolute atomic E-state index is 10.0. The van der Waals surface area contributed by atoms with Crippen molar-refractivity contribution in [1.29, 1.82) is 0 Å². The van der Waals surface area contributed by atoms with Crippen LogP contribution < -0.4 is 20.7 Å². The van der Waals surface area contributed by atoms with Gasteiger partial charge < -0.3 is 31.3 Å². The van der Waals surface area contributed by atoms with E-state index in [9.17, 15) is 19.8 Å². The van der Waals surface area contributed by atoms with Gasteiger partial charge in [-0.3, -0.25) is 4.99 Å². The summed E-state index contributed by atoms with van der Waals surface area (Å²) in [5.74, 6) is -2.60. The van der Waals surface area contributed by atoms with Crippen molar-refractivity contribution in [1.82, 2.24) is 0 Å². The van der Waals surface area contributed by atoms with Crippen molar-refractivity contribution in [2.24, 2.45) is 5.11 Å². The third kappa shape index (κ3) is 20.9. The third-order valence-electron chi connectivity index (χ3n) is 2.70. The van der Waals surface area contributed by atoms with Crippen molar-refractivity contribution in [3.8, 4) is 0 Å². The molecule has 0 aliphatic carbocycles. The summed E-state index contributed by atoms with van der Waals surface area (Å²) in [6.07, 6.45) is 3.65. The molecule has 0 aromatic carbocycles. The number of nitrogens with two attached hydrogens (primary N) is 1. The first-order valence-electron chi connectivity index (χ1n) is 7.07. The van der Waals surface area contributed by atoms with E-state index >= 15 is 0 Å². The molecule has 0 fully saturated rings. The number of rotatable bonds is 12. The molecule has 0 rings (SSSR count). The Morgan fingerprint density at radius 3 is 1.83 bits per heavy atom. The van der Waals surface area contributed by atoms with Gasteiger partial charge in [0.25, 0.3) is 0 Å². The number of unbranched alkanes of at least 4 members (excludes halogenated alkanes) is 2. The molecule has 9 nitrogen and oxygen atoms in total. The molecule has 0 saturated heterocycles. The van der Waals surface area contributed by atoms with E-state index < -0.39 is 24.0 Å². The molecule has 5 N–H and O–H groups in total. The van der Waals surface area contributed by atoms with E-state index in [-0.39, 0.29) is 23.1 Å². The Morgan fingerprint density at radius 1 is 1.04 bits per heavy atom. The Hall–Kier alpha value is -1.10. The van der Waals surface area contributed by atoms with Crippen LogP contribution in [0.15, 0.2) is 5.11 Å². The molecule has 0 aromatic heterocycles. The van der Waals surface area contributed by atoms with Gasteiger partial charge in [-0.1, -0.05) is 31.3 Å². The normalized spacial score (nSPS) is 11.9. The van der Waals surface area contributed by atoms with E-state index in [1.165, 1.54) is 0 Å². The van der Waals surface area contributed by atoms with Crippen LogP contribution in [0.5, 0.6) is 0 Å². The second-order valence-corrected chi connectivity index (χ2v) is 4.64. The van der Waals surface area contributed by atoms with E-state index in [1.54, 1.807) is 0 Å². The van der Waals surface area contributed by atoms with Crippen molar-refractivity contribution in [2.45, 2.75) is 50.6 Å². The first-order chi connectivity index (χ1) is 10.4. The first kappa shape index (κ1) is 26.8. The number of nitrogens with zero attached hydrogens (tertiary/aromatic N) is 1. The first-order valence-corrected chi connectivity index (χ1v) is 7.07. The van der Waals surface area contributed by atoms with Crippen LogP contribution in [0, 0.1) is 0 Å². The van der Waals surface area contributed by atoms with Crippen molar-refractivity contribution in [3.63, 3.8) is 0 Å². The molecular weight excluding hydrogens is 314 g/mol. The van der Waals surface area contributed by atoms with Gasteiger partial charge in [-0.25, -0.2) is 0 Å². The Labute approximate surface area is 152 Å². The summed E-state index contributed by atoms with van der Waals surface area (Å²) in [6.45, 7) is 4.70. The van der Waals surface area contributed by atoms with Crippen LogP contribution in [0.1, 0.15) is 38.5 Å². The molecule has 0 aromatic rings. The molecule has 0 aliphatic heterocycles. The van der Waals surface area contributed by atoms with Crippen LogP contribution in [-0.4, -0.2) is 66.9 Å². The molecule has 0 bridgehead atoms. The van der Waals surface area contributed by atoms with E-state index in [0.29, 0.717) is 25.8 Å². The van der Waals surface area contributed by atoms with Crippen LogP contribution in [0.3, 0.4) is 0 Å². The number of carboxylic acid groups (broad SMARTS) is 2. The fraction of sp³-hybridized carbons (Fsp3) is 0.769. The smallest absolute Gasteiger partial charge is 0.670 e. The molecular formula is C13H25MgN5O4. The van der Waals surface area contributed by atoms with E-state index in [0.717, 1.165) is 25.8 Å². The molecule has 128 valence electrons. The monoisotopic (exact) mass is 339 g/mol. The largest absolute Gasteiger partial charge is 2.00 e. The van der Waals surface area contributed by atoms with Crippen molar-refractivity contribution < 1.29 is 30.3 Å². The summed E-state index contributed by atoms with van der Waals surface area (Å²) < 4.78 is 0. The zero-order valence-electron chi connectivity index (χ0n) is 13.4. The minimum atomic E-state index is -1.31. The van der Waals surface area contributed by atoms with Gasteiger partial charge in [0.2, 0.25) is 0 Å². The zero-order valence-corrected chi connectivity index (χ0v) is 14.8. The maximum atomic E-state index is 10.0. The predicted octanol–water partition coefficient (Wildman–Crippen LogP) is -3.73. The third-order valence-corrected chi connectivity index (χ3v) is 2.70. The van der Waals surface area contributed by atoms with Crippen LogP contribution in [-0.2, 0) is 9.59 Å². The Bertz CT molecular complexity index is 312. The van der Waals surface area contributed by atoms with Crippen LogP contribution >= 0.6 is 0 Å². The zero-order chi connectivity index (χ0) is 17.4. The molecule has 0 amide bonds. The molecule has 23 heavy (non-hydrogen) atoms. The number of carboxylic acids is 2. The molecule has 0 unspecified atom stereocenters. The molecule has 0 heterocycles. The van der Waals surface area contributed by atoms with Gasteiger partial charge in [-0.05, 0) is 18.0 Å². The van der Waals surface area contributed by atoms with Crippen molar-refractivity contribution >= 4 is 41.7 Å². The average molecular weight is 340 g/mol. The molecule has 0 saturated carbocycles. The van der Waals surface area contributed by atoms with Crippen LogP contribution in [0.4, 0.5) is 0 Å². The minimum Gasteiger partial charge on any atom is -0.670 e. The molecule has 2 atom stereocenters. The van der Waals surface area contributed by atoms with Gasteiger partial charge in [-0.15, -0.1) is 0 Å². The number of carbonyl (C=O) groups is 2. The number of hydrogen-bond donors (Lipinski definition) is 2. The van der Waals surface area contributed by atoms with Gasteiger partial charge in [-0.2, -0.15) is 5.53 Å². The quantitative estimate of drug-likeness (QED) is 0.160. The van der Waals surface area contributed by atoms with E-state index in [4.69, 9.17) is 17.0 Å². The van der Waals surface area contributed by atoms with Crippen molar-refractivity contribution in [2.75, 3.05) is 13.1 Å². The van der Waals surface area contributed by atoms with Gasteiger partial charge in [0, 0.05) is 18.4 Å². The second kappa shape index (κ2) is 18.9. The standard InChI is InChI=1S/C7H13N2O2.C6H12N3O2.Mg/c1-9-5-3-2-4-6(8)7(10)11;7-5(6(10)11)3-1-2-4-9-8;/h6,8H,1-5H2,(H,10,11);5,7-8H,1-4H2,(H,10,11);/q2*-1;+2/t6-;5-;/m00./s1. The molecule has 10 heteroatoms. The molecule has 0 aliphatic rings. The average Bonchev–Trinajstić information content (AvgIpc) is 2.48. The van der Waals surface area contributed by atoms with Crippen LogP contribution in [0.2, 0.25) is 0 Å². The number of nitrogens with one attached hydrogen (secondary N) is 3. The van der Waals surface area contributed by atoms with Gasteiger partial charge in [0.1, 0.15) is 19.8 Å². The number of aliphatic carboxylic acids is 2. The SMILES string of the molecule is C=[NH+]CCCC[C@H]([NH-])C(=O)[O-].[Mg+2].[NH-][C@@H](CCCCN=[NH2+])C(=O)[O-]. The minimum absolute atomic E-state index is 0. The maximum Gasteiger partial charge on any atom is 2.00 e. The fourth-order valence-corrected chi connectivity index (χ4v) is 1.39. The predicted molar refractivity (Wildman–Crippen MR) is 81.9 cm³/mol. The summed E-state index contributed by atoms with van der Waals surface area (Å²) >= 11 is 0. The van der Waals surface area contributed by atoms with Gasteiger partial charge in [0.15, 0.2) is 0 Å². The van der Waals surface area contributed by atoms with Gasteiger partial charge >= 0.3 is 23.1 Å². The molecule has 0 radical (unpaired) electrons. The Balaban J connectivity index is -0.000000333. The Morgan fingerprint density at radius 2 is 1.48 bits per heavy atom. The topological polar surface area (TPSA) is 180 Å². The number of carbonyl (C=O) groups excluding carboxylic acids is 2. The van der Waals surface area contributed by atoms with Crippen LogP contribution in [0.25, 0.3) is 11.5 Å². The summed E-state index contributed by atoms with van der Waals surface area (Å²) in [5, 5.41) is 23.4. The van der Waals surface area contributed by atoms with E-state index in [1.807, 2.05) is 0 Å². The second-order valence-electron chi connectivity index (χ2n) is 4.64. The Kier molecular flexibility index (Phi) is 22.1. The number of hydrogen-bond acceptors (Lipinski definition) is 5. The van der Waals surface area contributed by atoms with E-state index in [2.05, 4.69) is 16.8 Å². The fourth-order valence-electron chi connectivity index (χ4n) is 1.39. The van der Waals surface area contributed by atoms with Crippen molar-refractivity contribution in [3.05, 3.63) is 11.5 Å². The summed E-state index contributed by atoms with van der Waals surface area (Å²) in [4.78, 5) is 22.7.